The molecule has 0 saturated carbocycles. The van der Waals surface area contributed by atoms with Crippen LogP contribution in [0.25, 0.3) is 0 Å². The van der Waals surface area contributed by atoms with Crippen LogP contribution >= 0.6 is 0 Å². The summed E-state index contributed by atoms with van der Waals surface area (Å²) in [6.45, 7) is 4.25. The van der Waals surface area contributed by atoms with Crippen molar-refractivity contribution in [3.63, 3.8) is 0 Å². The van der Waals surface area contributed by atoms with Crippen molar-refractivity contribution in [2.75, 3.05) is 7.05 Å². The summed E-state index contributed by atoms with van der Waals surface area (Å²) in [7, 11) is 1.94. The second-order valence-corrected chi connectivity index (χ2v) is 4.64. The molecular formula is C14H20N4O. The number of aromatic nitrogens is 3. The van der Waals surface area contributed by atoms with Gasteiger partial charge >= 0.3 is 0 Å². The third-order valence-electron chi connectivity index (χ3n) is 3.37. The van der Waals surface area contributed by atoms with Crippen molar-refractivity contribution >= 4 is 0 Å². The number of rotatable bonds is 6. The molecule has 19 heavy (non-hydrogen) atoms. The number of pyridine rings is 1. The van der Waals surface area contributed by atoms with Crippen LogP contribution in [0.3, 0.4) is 0 Å². The monoisotopic (exact) mass is 260 g/mol. The van der Waals surface area contributed by atoms with Gasteiger partial charge in [-0.2, -0.15) is 4.98 Å². The number of hydrogen-bond acceptors (Lipinski definition) is 5. The Hall–Kier alpha value is -1.75. The smallest absolute Gasteiger partial charge is 0.231 e. The topological polar surface area (TPSA) is 63.8 Å². The number of likely N-dealkylation sites (N-methyl/N-ethyl adjacent to an activating group) is 1. The molecule has 5 heteroatoms. The molecule has 0 radical (unpaired) electrons. The van der Waals surface area contributed by atoms with Gasteiger partial charge in [0.1, 0.15) is 0 Å². The maximum Gasteiger partial charge on any atom is 0.231 e. The van der Waals surface area contributed by atoms with Crippen molar-refractivity contribution in [2.24, 2.45) is 0 Å². The van der Waals surface area contributed by atoms with Crippen molar-refractivity contribution in [2.45, 2.75) is 38.6 Å². The van der Waals surface area contributed by atoms with Crippen molar-refractivity contribution in [1.82, 2.24) is 20.4 Å². The summed E-state index contributed by atoms with van der Waals surface area (Å²) in [4.78, 5) is 8.75. The lowest BCUT2D eigenvalue weighted by molar-refractivity contribution is 0.320. The van der Waals surface area contributed by atoms with E-state index in [9.17, 15) is 0 Å². The fourth-order valence-corrected chi connectivity index (χ4v) is 2.10. The summed E-state index contributed by atoms with van der Waals surface area (Å²) >= 11 is 0. The molecule has 0 fully saturated rings. The highest BCUT2D eigenvalue weighted by molar-refractivity contribution is 5.10. The maximum absolute atomic E-state index is 5.38. The molecule has 2 heterocycles. The molecule has 0 bridgehead atoms. The van der Waals surface area contributed by atoms with Gasteiger partial charge in [0.05, 0.1) is 12.3 Å². The van der Waals surface area contributed by atoms with Crippen LogP contribution in [0.1, 0.15) is 43.6 Å². The van der Waals surface area contributed by atoms with E-state index in [1.807, 2.05) is 25.2 Å². The standard InChI is InChI=1S/C14H20N4O/c1-4-12(10(2)15-3)14-17-13(18-19-14)9-11-7-5-6-8-16-11/h5-8,10,12,15H,4,9H2,1-3H3. The predicted octanol–water partition coefficient (Wildman–Crippen LogP) is 2.16. The SMILES string of the molecule is CCC(c1nc(Cc2ccccn2)no1)C(C)NC. The van der Waals surface area contributed by atoms with Crippen LogP contribution in [0.15, 0.2) is 28.9 Å². The van der Waals surface area contributed by atoms with Crippen LogP contribution < -0.4 is 5.32 Å². The number of nitrogens with zero attached hydrogens (tertiary/aromatic N) is 3. The van der Waals surface area contributed by atoms with E-state index < -0.39 is 0 Å². The summed E-state index contributed by atoms with van der Waals surface area (Å²) in [6, 6.07) is 6.13. The average Bonchev–Trinajstić information content (AvgIpc) is 2.89. The minimum Gasteiger partial charge on any atom is -0.339 e. The van der Waals surface area contributed by atoms with Crippen LogP contribution in [0.4, 0.5) is 0 Å². The Morgan fingerprint density at radius 3 is 2.84 bits per heavy atom. The first-order valence-corrected chi connectivity index (χ1v) is 6.64. The van der Waals surface area contributed by atoms with Gasteiger partial charge in [-0.05, 0) is 32.5 Å². The normalized spacial score (nSPS) is 14.3. The van der Waals surface area contributed by atoms with Crippen LogP contribution in [-0.2, 0) is 6.42 Å². The molecule has 2 unspecified atom stereocenters. The Balaban J connectivity index is 2.10. The fourth-order valence-electron chi connectivity index (χ4n) is 2.10. The molecule has 0 spiro atoms. The second-order valence-electron chi connectivity index (χ2n) is 4.64. The minimum absolute atomic E-state index is 0.245. The van der Waals surface area contributed by atoms with Crippen LogP contribution in [0.5, 0.6) is 0 Å². The van der Waals surface area contributed by atoms with E-state index in [1.165, 1.54) is 0 Å². The molecular weight excluding hydrogens is 240 g/mol. The lowest BCUT2D eigenvalue weighted by Gasteiger charge is -2.17. The summed E-state index contributed by atoms with van der Waals surface area (Å²) < 4.78 is 5.38. The van der Waals surface area contributed by atoms with Gasteiger partial charge in [0.2, 0.25) is 5.89 Å². The molecule has 1 N–H and O–H groups in total. The quantitative estimate of drug-likeness (QED) is 0.862. The largest absolute Gasteiger partial charge is 0.339 e. The van der Waals surface area contributed by atoms with Crippen LogP contribution in [0, 0.1) is 0 Å². The number of hydrogen-bond donors (Lipinski definition) is 1. The Labute approximate surface area is 113 Å². The van der Waals surface area contributed by atoms with Gasteiger partial charge in [-0.1, -0.05) is 18.1 Å². The van der Waals surface area contributed by atoms with E-state index in [4.69, 9.17) is 4.52 Å². The first kappa shape index (κ1) is 13.7. The average molecular weight is 260 g/mol. The lowest BCUT2D eigenvalue weighted by Crippen LogP contribution is -2.28. The third kappa shape index (κ3) is 3.38. The van der Waals surface area contributed by atoms with Gasteiger partial charge in [0, 0.05) is 17.9 Å². The van der Waals surface area contributed by atoms with Crippen LogP contribution in [0.2, 0.25) is 0 Å². The highest BCUT2D eigenvalue weighted by Crippen LogP contribution is 2.21. The Morgan fingerprint density at radius 2 is 2.21 bits per heavy atom. The molecule has 2 aromatic heterocycles. The zero-order chi connectivity index (χ0) is 13.7. The van der Waals surface area contributed by atoms with Crippen molar-refractivity contribution in [1.29, 1.82) is 0 Å². The molecule has 2 aromatic rings. The van der Waals surface area contributed by atoms with E-state index in [0.29, 0.717) is 24.2 Å². The molecule has 0 saturated heterocycles. The molecule has 0 aliphatic heterocycles. The minimum atomic E-state index is 0.245. The highest BCUT2D eigenvalue weighted by Gasteiger charge is 2.22. The Morgan fingerprint density at radius 1 is 1.37 bits per heavy atom. The lowest BCUT2D eigenvalue weighted by atomic mass is 9.98. The summed E-state index contributed by atoms with van der Waals surface area (Å²) in [5, 5.41) is 7.28. The van der Waals surface area contributed by atoms with E-state index in [2.05, 4.69) is 34.3 Å². The predicted molar refractivity (Wildman–Crippen MR) is 72.9 cm³/mol. The van der Waals surface area contributed by atoms with Gasteiger partial charge in [-0.15, -0.1) is 0 Å². The van der Waals surface area contributed by atoms with Crippen molar-refractivity contribution in [3.05, 3.63) is 41.8 Å². The second kappa shape index (κ2) is 6.43. The van der Waals surface area contributed by atoms with Gasteiger partial charge in [-0.3, -0.25) is 4.98 Å². The molecule has 2 atom stereocenters. The third-order valence-corrected chi connectivity index (χ3v) is 3.37. The molecule has 5 nitrogen and oxygen atoms in total. The molecule has 0 aliphatic rings. The van der Waals surface area contributed by atoms with Gasteiger partial charge < -0.3 is 9.84 Å². The van der Waals surface area contributed by atoms with E-state index in [1.54, 1.807) is 6.20 Å². The van der Waals surface area contributed by atoms with Gasteiger partial charge in [0.15, 0.2) is 5.82 Å². The molecule has 0 amide bonds. The molecule has 102 valence electrons. The Bertz CT molecular complexity index is 497. The number of nitrogens with one attached hydrogen (secondary N) is 1. The van der Waals surface area contributed by atoms with Crippen molar-refractivity contribution in [3.8, 4) is 0 Å². The first-order valence-electron chi connectivity index (χ1n) is 6.64. The van der Waals surface area contributed by atoms with Crippen LogP contribution in [-0.4, -0.2) is 28.2 Å². The summed E-state index contributed by atoms with van der Waals surface area (Å²) in [6.07, 6.45) is 3.34. The van der Waals surface area contributed by atoms with E-state index in [0.717, 1.165) is 12.1 Å². The molecule has 2 rings (SSSR count). The fraction of sp³-hybridized carbons (Fsp3) is 0.500. The van der Waals surface area contributed by atoms with E-state index >= 15 is 0 Å². The van der Waals surface area contributed by atoms with E-state index in [-0.39, 0.29) is 5.92 Å². The summed E-state index contributed by atoms with van der Waals surface area (Å²) in [5.74, 6) is 1.64. The zero-order valence-electron chi connectivity index (χ0n) is 11.6. The molecule has 0 aromatic carbocycles. The zero-order valence-corrected chi connectivity index (χ0v) is 11.6. The van der Waals surface area contributed by atoms with Gasteiger partial charge in [-0.25, -0.2) is 0 Å². The highest BCUT2D eigenvalue weighted by atomic mass is 16.5. The first-order chi connectivity index (χ1) is 9.24. The summed E-state index contributed by atoms with van der Waals surface area (Å²) in [5.41, 5.74) is 0.949. The van der Waals surface area contributed by atoms with Crippen molar-refractivity contribution < 1.29 is 4.52 Å². The molecule has 0 aliphatic carbocycles. The Kier molecular flexibility index (Phi) is 4.63. The maximum atomic E-state index is 5.38. The van der Waals surface area contributed by atoms with Gasteiger partial charge in [0.25, 0.3) is 0 Å².